The average molecular weight is 380 g/mol. The van der Waals surface area contributed by atoms with Crippen molar-refractivity contribution in [3.8, 4) is 0 Å². The van der Waals surface area contributed by atoms with Crippen LogP contribution in [-0.2, 0) is 9.59 Å². The minimum atomic E-state index is -0.546. The van der Waals surface area contributed by atoms with Crippen molar-refractivity contribution in [3.63, 3.8) is 0 Å². The van der Waals surface area contributed by atoms with E-state index in [4.69, 9.17) is 5.84 Å². The van der Waals surface area contributed by atoms with Gasteiger partial charge in [0.25, 0.3) is 11.8 Å². The molecule has 100 valence electrons. The van der Waals surface area contributed by atoms with Crippen molar-refractivity contribution >= 4 is 43.7 Å². The normalized spacial score (nSPS) is 48.1. The van der Waals surface area contributed by atoms with Gasteiger partial charge < -0.3 is 0 Å². The van der Waals surface area contributed by atoms with Crippen LogP contribution in [0.3, 0.4) is 0 Å². The highest BCUT2D eigenvalue weighted by molar-refractivity contribution is 9.12. The number of hydrazine groups is 1. The smallest absolute Gasteiger partial charge is 0.250 e. The molecule has 1 saturated heterocycles. The maximum absolute atomic E-state index is 12.5. The first-order valence-electron chi connectivity index (χ1n) is 6.36. The minimum Gasteiger partial charge on any atom is -0.272 e. The number of hydrogen-bond acceptors (Lipinski definition) is 3. The Labute approximate surface area is 123 Å². The maximum Gasteiger partial charge on any atom is 0.250 e. The molecular formula is C12H16Br2N2O2. The Morgan fingerprint density at radius 3 is 1.78 bits per heavy atom. The summed E-state index contributed by atoms with van der Waals surface area (Å²) in [6.45, 7) is 0. The topological polar surface area (TPSA) is 63.4 Å². The minimum absolute atomic E-state index is 0.156. The fourth-order valence-electron chi connectivity index (χ4n) is 4.20. The van der Waals surface area contributed by atoms with E-state index in [1.54, 1.807) is 0 Å². The Balaban J connectivity index is 2.14. The van der Waals surface area contributed by atoms with Crippen LogP contribution in [0.5, 0.6) is 0 Å². The highest BCUT2D eigenvalue weighted by Crippen LogP contribution is 2.65. The second kappa shape index (κ2) is 4.03. The number of halogens is 2. The molecule has 0 spiro atoms. The monoisotopic (exact) mass is 378 g/mol. The van der Waals surface area contributed by atoms with Crippen LogP contribution in [0, 0.1) is 10.8 Å². The molecule has 2 amide bonds. The third-order valence-corrected chi connectivity index (χ3v) is 7.74. The molecule has 18 heavy (non-hydrogen) atoms. The van der Waals surface area contributed by atoms with Gasteiger partial charge in [-0.25, -0.2) is 10.9 Å². The molecule has 2 aliphatic carbocycles. The van der Waals surface area contributed by atoms with Crippen molar-refractivity contribution in [2.75, 3.05) is 0 Å². The van der Waals surface area contributed by atoms with Gasteiger partial charge >= 0.3 is 0 Å². The zero-order valence-corrected chi connectivity index (χ0v) is 13.2. The lowest BCUT2D eigenvalue weighted by Gasteiger charge is -2.51. The van der Waals surface area contributed by atoms with Crippen molar-refractivity contribution in [1.29, 1.82) is 0 Å². The summed E-state index contributed by atoms with van der Waals surface area (Å²) >= 11 is 7.28. The van der Waals surface area contributed by atoms with Crippen LogP contribution in [0.2, 0.25) is 0 Å². The van der Waals surface area contributed by atoms with Crippen LogP contribution in [-0.4, -0.2) is 26.5 Å². The molecule has 3 rings (SSSR count). The molecule has 0 radical (unpaired) electrons. The summed E-state index contributed by atoms with van der Waals surface area (Å²) in [5, 5.41) is 0.899. The number of hydrogen-bond donors (Lipinski definition) is 1. The van der Waals surface area contributed by atoms with Gasteiger partial charge in [0.15, 0.2) is 0 Å². The quantitative estimate of drug-likeness (QED) is 0.303. The number of alkyl halides is 2. The lowest BCUT2D eigenvalue weighted by Crippen LogP contribution is -2.54. The van der Waals surface area contributed by atoms with Crippen LogP contribution in [0.1, 0.15) is 38.5 Å². The number of carbonyl (C=O) groups excluding carboxylic acids is 2. The van der Waals surface area contributed by atoms with Crippen LogP contribution in [0.25, 0.3) is 0 Å². The van der Waals surface area contributed by atoms with Gasteiger partial charge in [-0.3, -0.25) is 9.59 Å². The largest absolute Gasteiger partial charge is 0.272 e. The van der Waals surface area contributed by atoms with Gasteiger partial charge in [-0.05, 0) is 25.7 Å². The molecule has 3 aliphatic rings. The van der Waals surface area contributed by atoms with E-state index in [1.165, 1.54) is 0 Å². The van der Waals surface area contributed by atoms with Crippen molar-refractivity contribution in [2.45, 2.75) is 48.2 Å². The zero-order valence-electron chi connectivity index (χ0n) is 9.99. The molecule has 0 aromatic carbocycles. The first-order chi connectivity index (χ1) is 8.44. The molecule has 3 fully saturated rings. The van der Waals surface area contributed by atoms with Crippen LogP contribution in [0.15, 0.2) is 0 Å². The van der Waals surface area contributed by atoms with E-state index in [-0.39, 0.29) is 21.5 Å². The molecule has 1 aliphatic heterocycles. The van der Waals surface area contributed by atoms with Crippen LogP contribution < -0.4 is 5.84 Å². The Hall–Kier alpha value is 0.0600. The standard InChI is InChI=1S/C12H16Br2N2O2/c13-7-5-11-3-1-2-4-12(11,6-8(7)14)10(18)16(15)9(11)17/h7-8H,1-6,15H2/t7-,8+,11+,12-. The highest BCUT2D eigenvalue weighted by atomic mass is 79.9. The Morgan fingerprint density at radius 1 is 1.00 bits per heavy atom. The number of nitrogens with zero attached hydrogens (tertiary/aromatic N) is 1. The lowest BCUT2D eigenvalue weighted by molar-refractivity contribution is -0.143. The summed E-state index contributed by atoms with van der Waals surface area (Å²) in [6, 6.07) is 0. The van der Waals surface area contributed by atoms with E-state index in [0.29, 0.717) is 12.8 Å². The predicted molar refractivity (Wildman–Crippen MR) is 74.0 cm³/mol. The summed E-state index contributed by atoms with van der Waals surface area (Å²) in [6.07, 6.45) is 5.05. The fourth-order valence-corrected chi connectivity index (χ4v) is 5.68. The van der Waals surface area contributed by atoms with E-state index < -0.39 is 10.8 Å². The number of rotatable bonds is 0. The molecule has 0 aromatic heterocycles. The summed E-state index contributed by atoms with van der Waals surface area (Å²) in [5.74, 6) is 5.41. The van der Waals surface area contributed by atoms with Gasteiger partial charge in [-0.15, -0.1) is 0 Å². The molecule has 0 aromatic rings. The molecule has 4 nitrogen and oxygen atoms in total. The zero-order chi connectivity index (χ0) is 13.1. The molecule has 4 atom stereocenters. The van der Waals surface area contributed by atoms with E-state index in [9.17, 15) is 9.59 Å². The number of amides is 2. The van der Waals surface area contributed by atoms with E-state index in [2.05, 4.69) is 31.9 Å². The maximum atomic E-state index is 12.5. The molecule has 6 heteroatoms. The van der Waals surface area contributed by atoms with E-state index >= 15 is 0 Å². The Bertz CT molecular complexity index is 392. The van der Waals surface area contributed by atoms with Crippen LogP contribution in [0.4, 0.5) is 0 Å². The SMILES string of the molecule is NN1C(=O)[C@@]23CCCC[C@@]2(C[C@H](Br)[C@H](Br)C3)C1=O. The molecule has 2 N–H and O–H groups in total. The summed E-state index contributed by atoms with van der Waals surface area (Å²) in [7, 11) is 0. The van der Waals surface area contributed by atoms with E-state index in [0.717, 1.165) is 30.7 Å². The molecule has 2 saturated carbocycles. The molecule has 1 heterocycles. The third-order valence-electron chi connectivity index (χ3n) is 5.11. The Morgan fingerprint density at radius 2 is 1.39 bits per heavy atom. The second-order valence-electron chi connectivity index (χ2n) is 5.79. The highest BCUT2D eigenvalue weighted by Gasteiger charge is 2.71. The number of imide groups is 1. The summed E-state index contributed by atoms with van der Waals surface area (Å²) in [5.41, 5.74) is -1.09. The third kappa shape index (κ3) is 1.34. The van der Waals surface area contributed by atoms with Gasteiger partial charge in [0.05, 0.1) is 10.8 Å². The number of nitrogens with two attached hydrogens (primary N) is 1. The van der Waals surface area contributed by atoms with E-state index in [1.807, 2.05) is 0 Å². The van der Waals surface area contributed by atoms with Gasteiger partial charge in [0.1, 0.15) is 0 Å². The van der Waals surface area contributed by atoms with Crippen LogP contribution >= 0.6 is 31.9 Å². The van der Waals surface area contributed by atoms with Gasteiger partial charge in [-0.2, -0.15) is 0 Å². The molecular weight excluding hydrogens is 364 g/mol. The van der Waals surface area contributed by atoms with Gasteiger partial charge in [0.2, 0.25) is 0 Å². The average Bonchev–Trinajstić information content (AvgIpc) is 2.51. The summed E-state index contributed by atoms with van der Waals surface area (Å²) < 4.78 is 0. The van der Waals surface area contributed by atoms with Crippen molar-refractivity contribution < 1.29 is 9.59 Å². The summed E-state index contributed by atoms with van der Waals surface area (Å²) in [4.78, 5) is 25.5. The fraction of sp³-hybridized carbons (Fsp3) is 0.833. The predicted octanol–water partition coefficient (Wildman–Crippen LogP) is 2.10. The van der Waals surface area contributed by atoms with Gasteiger partial charge in [-0.1, -0.05) is 44.7 Å². The first-order valence-corrected chi connectivity index (χ1v) is 8.20. The molecule has 0 bridgehead atoms. The van der Waals surface area contributed by atoms with Crippen molar-refractivity contribution in [3.05, 3.63) is 0 Å². The lowest BCUT2D eigenvalue weighted by atomic mass is 9.51. The molecule has 0 unspecified atom stereocenters. The second-order valence-corrected chi connectivity index (χ2v) is 8.14. The van der Waals surface area contributed by atoms with Gasteiger partial charge in [0, 0.05) is 9.65 Å². The van der Waals surface area contributed by atoms with Crippen molar-refractivity contribution in [2.24, 2.45) is 16.7 Å². The first kappa shape index (κ1) is 13.1. The Kier molecular flexibility index (Phi) is 2.92. The number of carbonyl (C=O) groups is 2. The van der Waals surface area contributed by atoms with Crippen molar-refractivity contribution in [1.82, 2.24) is 5.01 Å².